The summed E-state index contributed by atoms with van der Waals surface area (Å²) in [6.07, 6.45) is -0.476. The predicted molar refractivity (Wildman–Crippen MR) is 95.7 cm³/mol. The van der Waals surface area contributed by atoms with Crippen molar-refractivity contribution in [3.8, 4) is 11.4 Å². The van der Waals surface area contributed by atoms with E-state index in [9.17, 15) is 18.4 Å². The number of rotatable bonds is 5. The summed E-state index contributed by atoms with van der Waals surface area (Å²) < 4.78 is 35.9. The van der Waals surface area contributed by atoms with E-state index >= 15 is 0 Å². The predicted octanol–water partition coefficient (Wildman–Crippen LogP) is 2.03. The van der Waals surface area contributed by atoms with Crippen molar-refractivity contribution in [3.05, 3.63) is 56.2 Å². The highest BCUT2D eigenvalue weighted by atomic mass is 35.5. The molecule has 1 fully saturated rings. The Bertz CT molecular complexity index is 1060. The van der Waals surface area contributed by atoms with Gasteiger partial charge in [-0.3, -0.25) is 9.59 Å². The largest absolute Gasteiger partial charge is 0.400 e. The molecule has 0 spiro atoms. The average molecular weight is 411 g/mol. The van der Waals surface area contributed by atoms with Crippen molar-refractivity contribution < 1.29 is 18.0 Å². The van der Waals surface area contributed by atoms with Gasteiger partial charge >= 0.3 is 11.3 Å². The number of morpholine rings is 1. The lowest BCUT2D eigenvalue weighted by Gasteiger charge is -2.26. The van der Waals surface area contributed by atoms with E-state index in [1.807, 2.05) is 0 Å². The van der Waals surface area contributed by atoms with Crippen molar-refractivity contribution in [1.82, 2.24) is 15.5 Å². The molecule has 1 aromatic heterocycles. The van der Waals surface area contributed by atoms with E-state index < -0.39 is 28.2 Å². The molecule has 28 heavy (non-hydrogen) atoms. The maximum absolute atomic E-state index is 13.0. The zero-order valence-electron chi connectivity index (χ0n) is 14.2. The molecule has 1 aliphatic rings. The molecule has 146 valence electrons. The zero-order valence-corrected chi connectivity index (χ0v) is 14.9. The molecule has 1 saturated heterocycles. The fourth-order valence-corrected chi connectivity index (χ4v) is 2.97. The molecule has 1 aliphatic heterocycles. The van der Waals surface area contributed by atoms with E-state index in [2.05, 4.69) is 25.3 Å². The molecule has 1 unspecified atom stereocenters. The minimum Gasteiger partial charge on any atom is -0.371 e. The van der Waals surface area contributed by atoms with Crippen LogP contribution in [0.15, 0.2) is 38.4 Å². The molecular weight excluding hydrogens is 398 g/mol. The highest BCUT2D eigenvalue weighted by Gasteiger charge is 2.35. The molecule has 11 heteroatoms. The number of benzene rings is 1. The zero-order chi connectivity index (χ0) is 19.9. The van der Waals surface area contributed by atoms with Crippen LogP contribution in [0.4, 0.5) is 20.2 Å². The molecule has 2 heterocycles. The fraction of sp³-hybridized carbons (Fsp3) is 0.294. The van der Waals surface area contributed by atoms with Crippen LogP contribution in [-0.4, -0.2) is 29.8 Å². The molecular formula is C17H13ClF2N4O4. The van der Waals surface area contributed by atoms with E-state index in [0.29, 0.717) is 36.5 Å². The van der Waals surface area contributed by atoms with Crippen LogP contribution < -0.4 is 21.5 Å². The number of anilines is 2. The molecule has 4 rings (SSSR count). The van der Waals surface area contributed by atoms with Crippen molar-refractivity contribution in [2.45, 2.75) is 11.5 Å². The summed E-state index contributed by atoms with van der Waals surface area (Å²) in [4.78, 5) is 27.4. The Morgan fingerprint density at radius 1 is 1.21 bits per heavy atom. The highest BCUT2D eigenvalue weighted by Crippen LogP contribution is 2.32. The van der Waals surface area contributed by atoms with Gasteiger partial charge in [0, 0.05) is 24.3 Å². The third kappa shape index (κ3) is 3.41. The minimum absolute atomic E-state index is 0.0571. The van der Waals surface area contributed by atoms with Gasteiger partial charge in [-0.15, -0.1) is 0 Å². The number of hydrogen-bond donors (Lipinski definition) is 2. The van der Waals surface area contributed by atoms with Crippen LogP contribution in [0, 0.1) is 0 Å². The maximum atomic E-state index is 13.0. The van der Waals surface area contributed by atoms with Gasteiger partial charge in [0.1, 0.15) is 11.8 Å². The summed E-state index contributed by atoms with van der Waals surface area (Å²) in [6.45, 7) is 1.58. The van der Waals surface area contributed by atoms with Gasteiger partial charge in [0.15, 0.2) is 0 Å². The van der Waals surface area contributed by atoms with Crippen LogP contribution in [0.3, 0.4) is 0 Å². The number of halogens is 3. The Labute approximate surface area is 161 Å². The number of alkyl halides is 3. The minimum atomic E-state index is -3.75. The van der Waals surface area contributed by atoms with Gasteiger partial charge < -0.3 is 19.9 Å². The molecule has 8 nitrogen and oxygen atoms in total. The maximum Gasteiger partial charge on any atom is 0.400 e. The normalized spacial score (nSPS) is 17.8. The van der Waals surface area contributed by atoms with Crippen molar-refractivity contribution in [2.24, 2.45) is 0 Å². The summed E-state index contributed by atoms with van der Waals surface area (Å²) in [5, 5.41) is 5.73. The van der Waals surface area contributed by atoms with E-state index in [1.54, 1.807) is 24.3 Å². The molecule has 0 bridgehead atoms. The summed E-state index contributed by atoms with van der Waals surface area (Å²) in [5.41, 5.74) is 0.261. The second-order valence-corrected chi connectivity index (χ2v) is 6.61. The number of hydrogen-bond acceptors (Lipinski definition) is 8. The molecule has 0 saturated carbocycles. The Balaban J connectivity index is 1.53. The van der Waals surface area contributed by atoms with Gasteiger partial charge in [-0.1, -0.05) is 5.16 Å². The number of nitrogens with one attached hydrogen (secondary N) is 2. The smallest absolute Gasteiger partial charge is 0.371 e. The third-order valence-electron chi connectivity index (χ3n) is 4.28. The van der Waals surface area contributed by atoms with Crippen molar-refractivity contribution in [3.63, 3.8) is 0 Å². The Kier molecular flexibility index (Phi) is 4.69. The van der Waals surface area contributed by atoms with Crippen molar-refractivity contribution in [1.29, 1.82) is 0 Å². The third-order valence-corrected chi connectivity index (χ3v) is 4.44. The lowest BCUT2D eigenvalue weighted by molar-refractivity contribution is 0.0268. The van der Waals surface area contributed by atoms with Crippen LogP contribution in [0.2, 0.25) is 0 Å². The summed E-state index contributed by atoms with van der Waals surface area (Å²) in [6, 6.07) is 6.27. The van der Waals surface area contributed by atoms with Crippen LogP contribution in [0.25, 0.3) is 11.4 Å². The van der Waals surface area contributed by atoms with Gasteiger partial charge in [-0.2, -0.15) is 13.8 Å². The lowest BCUT2D eigenvalue weighted by atomic mass is 10.00. The standard InChI is InChI=1S/C17H13ClF2N4O4/c18-17(19,20)16-23-15(24-28-16)8-1-3-9(4-2-8)22-12-11(13(25)14(12)26)10-7-21-5-6-27-10/h1-4,10,21-22H,5-7H2. The molecule has 0 radical (unpaired) electrons. The number of nitrogens with zero attached hydrogens (tertiary/aromatic N) is 2. The van der Waals surface area contributed by atoms with Gasteiger partial charge in [0.25, 0.3) is 0 Å². The first-order valence-corrected chi connectivity index (χ1v) is 8.66. The number of aromatic nitrogens is 2. The van der Waals surface area contributed by atoms with Crippen LogP contribution in [-0.2, 0) is 10.1 Å². The summed E-state index contributed by atoms with van der Waals surface area (Å²) in [7, 11) is 0. The summed E-state index contributed by atoms with van der Waals surface area (Å²) >= 11 is 4.85. The fourth-order valence-electron chi connectivity index (χ4n) is 2.89. The lowest BCUT2D eigenvalue weighted by Crippen LogP contribution is -2.44. The van der Waals surface area contributed by atoms with E-state index in [0.717, 1.165) is 0 Å². The average Bonchev–Trinajstić information content (AvgIpc) is 3.19. The topological polar surface area (TPSA) is 106 Å². The van der Waals surface area contributed by atoms with Gasteiger partial charge in [0.2, 0.25) is 16.7 Å². The first kappa shape index (κ1) is 18.7. The molecule has 2 aromatic carbocycles. The molecule has 1 atom stereocenters. The molecule has 0 aliphatic carbocycles. The Morgan fingerprint density at radius 3 is 2.57 bits per heavy atom. The molecule has 2 N–H and O–H groups in total. The van der Waals surface area contributed by atoms with Crippen LogP contribution in [0.5, 0.6) is 0 Å². The van der Waals surface area contributed by atoms with Gasteiger partial charge in [-0.25, -0.2) is 0 Å². The molecule has 3 aromatic rings. The second-order valence-electron chi connectivity index (χ2n) is 6.13. The van der Waals surface area contributed by atoms with E-state index in [4.69, 9.17) is 16.3 Å². The monoisotopic (exact) mass is 410 g/mol. The van der Waals surface area contributed by atoms with E-state index in [-0.39, 0.29) is 11.5 Å². The van der Waals surface area contributed by atoms with Crippen molar-refractivity contribution in [2.75, 3.05) is 25.0 Å². The first-order valence-electron chi connectivity index (χ1n) is 8.28. The van der Waals surface area contributed by atoms with E-state index in [1.165, 1.54) is 0 Å². The quantitative estimate of drug-likeness (QED) is 0.486. The van der Waals surface area contributed by atoms with Crippen LogP contribution in [0.1, 0.15) is 17.6 Å². The second kappa shape index (κ2) is 7.04. The Morgan fingerprint density at radius 2 is 1.96 bits per heavy atom. The van der Waals surface area contributed by atoms with Gasteiger partial charge in [-0.05, 0) is 35.9 Å². The van der Waals surface area contributed by atoms with Crippen molar-refractivity contribution >= 4 is 23.0 Å². The van der Waals surface area contributed by atoms with Gasteiger partial charge in [0.05, 0.1) is 12.2 Å². The SMILES string of the molecule is O=c1c(Nc2ccc(-c3noc(C(F)(F)Cl)n3)cc2)c(C2CNCCO2)c1=O. The number of ether oxygens (including phenoxy) is 1. The molecule has 0 amide bonds. The highest BCUT2D eigenvalue weighted by molar-refractivity contribution is 6.21. The summed E-state index contributed by atoms with van der Waals surface area (Å²) in [5.74, 6) is -1.06. The Hall–Kier alpha value is -2.69. The first-order chi connectivity index (χ1) is 13.3. The van der Waals surface area contributed by atoms with Crippen LogP contribution >= 0.6 is 11.6 Å².